The van der Waals surface area contributed by atoms with Crippen molar-refractivity contribution in [3.8, 4) is 5.75 Å². The number of nitrogens with zero attached hydrogens (tertiary/aromatic N) is 4. The molecule has 0 saturated heterocycles. The Balaban J connectivity index is 0.00000280. The van der Waals surface area contributed by atoms with Crippen molar-refractivity contribution in [1.29, 1.82) is 0 Å². The number of benzene rings is 1. The summed E-state index contributed by atoms with van der Waals surface area (Å²) in [6.45, 7) is 3.58. The largest absolute Gasteiger partial charge is 0.496 e. The van der Waals surface area contributed by atoms with Crippen LogP contribution in [0.5, 0.6) is 5.75 Å². The lowest BCUT2D eigenvalue weighted by Gasteiger charge is -2.13. The Labute approximate surface area is 182 Å². The van der Waals surface area contributed by atoms with Gasteiger partial charge in [-0.05, 0) is 37.1 Å². The second-order valence-electron chi connectivity index (χ2n) is 6.29. The second-order valence-corrected chi connectivity index (χ2v) is 6.29. The third-order valence-electron chi connectivity index (χ3n) is 4.37. The maximum Gasteiger partial charge on any atom is 0.191 e. The quantitative estimate of drug-likeness (QED) is 0.300. The molecule has 0 aliphatic heterocycles. The van der Waals surface area contributed by atoms with Gasteiger partial charge in [0.25, 0.3) is 0 Å². The van der Waals surface area contributed by atoms with E-state index in [1.54, 1.807) is 14.2 Å². The Morgan fingerprint density at radius 3 is 2.64 bits per heavy atom. The molecular weight excluding hydrogens is 467 g/mol. The summed E-state index contributed by atoms with van der Waals surface area (Å²) in [5, 5.41) is 15.1. The molecule has 3 rings (SSSR count). The average Bonchev–Trinajstić information content (AvgIpc) is 3.10. The zero-order valence-electron chi connectivity index (χ0n) is 16.5. The number of aryl methyl sites for hydroxylation is 1. The highest BCUT2D eigenvalue weighted by atomic mass is 127. The van der Waals surface area contributed by atoms with E-state index in [0.717, 1.165) is 49.1 Å². The lowest BCUT2D eigenvalue weighted by atomic mass is 10.1. The van der Waals surface area contributed by atoms with E-state index in [4.69, 9.17) is 4.74 Å². The van der Waals surface area contributed by atoms with Crippen molar-refractivity contribution in [2.75, 3.05) is 27.2 Å². The van der Waals surface area contributed by atoms with Gasteiger partial charge in [-0.25, -0.2) is 0 Å². The fourth-order valence-electron chi connectivity index (χ4n) is 2.99. The minimum Gasteiger partial charge on any atom is -0.496 e. The molecule has 0 aliphatic rings. The molecule has 0 spiro atoms. The van der Waals surface area contributed by atoms with E-state index in [2.05, 4.69) is 44.9 Å². The van der Waals surface area contributed by atoms with Crippen LogP contribution in [-0.2, 0) is 12.8 Å². The first-order chi connectivity index (χ1) is 13.2. The minimum atomic E-state index is 0. The highest BCUT2D eigenvalue weighted by Gasteiger charge is 2.06. The third kappa shape index (κ3) is 5.57. The van der Waals surface area contributed by atoms with Gasteiger partial charge in [-0.3, -0.25) is 9.39 Å². The zero-order valence-corrected chi connectivity index (χ0v) is 18.8. The van der Waals surface area contributed by atoms with Crippen molar-refractivity contribution in [2.24, 2.45) is 4.99 Å². The van der Waals surface area contributed by atoms with Crippen LogP contribution in [-0.4, -0.2) is 47.8 Å². The number of nitrogens with one attached hydrogen (secondary N) is 2. The minimum absolute atomic E-state index is 0. The van der Waals surface area contributed by atoms with Crippen LogP contribution in [0.3, 0.4) is 0 Å². The molecule has 0 unspecified atom stereocenters. The number of hydrogen-bond acceptors (Lipinski definition) is 4. The fraction of sp³-hybridized carbons (Fsp3) is 0.350. The van der Waals surface area contributed by atoms with Gasteiger partial charge >= 0.3 is 0 Å². The van der Waals surface area contributed by atoms with Gasteiger partial charge in [0, 0.05) is 32.8 Å². The molecular formula is C20H27IN6O. The van der Waals surface area contributed by atoms with E-state index in [1.165, 1.54) is 11.1 Å². The first-order valence-corrected chi connectivity index (χ1v) is 9.08. The molecule has 0 radical (unpaired) electrons. The standard InChI is InChI=1S/C20H26N6O.HI/c1-15-7-8-17(27-3)16(14-15)9-11-22-20(21-2)23-12-10-19-25-24-18-6-4-5-13-26(18)19;/h4-8,13-14H,9-12H2,1-3H3,(H2,21,22,23);1H. The Bertz CT molecular complexity index is 924. The summed E-state index contributed by atoms with van der Waals surface area (Å²) < 4.78 is 7.44. The van der Waals surface area contributed by atoms with E-state index < -0.39 is 0 Å². The molecule has 1 aromatic carbocycles. The number of aromatic nitrogens is 3. The predicted octanol–water partition coefficient (Wildman–Crippen LogP) is 2.61. The molecule has 2 heterocycles. The second kappa shape index (κ2) is 10.8. The number of methoxy groups -OCH3 is 1. The van der Waals surface area contributed by atoms with Crippen molar-refractivity contribution < 1.29 is 4.74 Å². The van der Waals surface area contributed by atoms with E-state index in [9.17, 15) is 0 Å². The number of aliphatic imine (C=N–C) groups is 1. The van der Waals surface area contributed by atoms with E-state index in [0.29, 0.717) is 0 Å². The van der Waals surface area contributed by atoms with Gasteiger partial charge in [0.05, 0.1) is 7.11 Å². The highest BCUT2D eigenvalue weighted by molar-refractivity contribution is 14.0. The van der Waals surface area contributed by atoms with Crippen molar-refractivity contribution in [3.63, 3.8) is 0 Å². The molecule has 2 N–H and O–H groups in total. The van der Waals surface area contributed by atoms with Crippen molar-refractivity contribution >= 4 is 35.6 Å². The summed E-state index contributed by atoms with van der Waals surface area (Å²) in [6.07, 6.45) is 3.60. The SMILES string of the molecule is CN=C(NCCc1cc(C)ccc1OC)NCCc1nnc2ccccn12.I. The summed E-state index contributed by atoms with van der Waals surface area (Å²) >= 11 is 0. The summed E-state index contributed by atoms with van der Waals surface area (Å²) in [5.41, 5.74) is 3.28. The van der Waals surface area contributed by atoms with Gasteiger partial charge < -0.3 is 15.4 Å². The molecule has 0 aliphatic carbocycles. The lowest BCUT2D eigenvalue weighted by Crippen LogP contribution is -2.39. The Morgan fingerprint density at radius 2 is 1.89 bits per heavy atom. The van der Waals surface area contributed by atoms with Gasteiger partial charge in [-0.15, -0.1) is 34.2 Å². The van der Waals surface area contributed by atoms with Crippen molar-refractivity contribution in [3.05, 3.63) is 59.5 Å². The zero-order chi connectivity index (χ0) is 19.1. The normalized spacial score (nSPS) is 11.2. The first-order valence-electron chi connectivity index (χ1n) is 9.08. The lowest BCUT2D eigenvalue weighted by molar-refractivity contribution is 0.409. The number of pyridine rings is 1. The molecule has 7 nitrogen and oxygen atoms in total. The van der Waals surface area contributed by atoms with Gasteiger partial charge in [0.15, 0.2) is 11.6 Å². The number of hydrogen-bond donors (Lipinski definition) is 2. The summed E-state index contributed by atoms with van der Waals surface area (Å²) in [7, 11) is 3.48. The molecule has 0 fully saturated rings. The van der Waals surface area contributed by atoms with Crippen molar-refractivity contribution in [2.45, 2.75) is 19.8 Å². The van der Waals surface area contributed by atoms with Crippen LogP contribution in [0.1, 0.15) is 17.0 Å². The average molecular weight is 494 g/mol. The van der Waals surface area contributed by atoms with Crippen LogP contribution in [0.2, 0.25) is 0 Å². The Hall–Kier alpha value is -2.36. The smallest absolute Gasteiger partial charge is 0.191 e. The molecule has 8 heteroatoms. The Kier molecular flexibility index (Phi) is 8.49. The molecule has 0 bridgehead atoms. The van der Waals surface area contributed by atoms with E-state index in [-0.39, 0.29) is 24.0 Å². The molecule has 0 saturated carbocycles. The molecule has 2 aromatic heterocycles. The maximum atomic E-state index is 5.44. The van der Waals surface area contributed by atoms with Crippen LogP contribution < -0.4 is 15.4 Å². The molecule has 28 heavy (non-hydrogen) atoms. The van der Waals surface area contributed by atoms with Crippen LogP contribution in [0.4, 0.5) is 0 Å². The van der Waals surface area contributed by atoms with E-state index in [1.807, 2.05) is 34.9 Å². The van der Waals surface area contributed by atoms with Gasteiger partial charge in [0.1, 0.15) is 11.6 Å². The summed E-state index contributed by atoms with van der Waals surface area (Å²) in [6, 6.07) is 12.1. The van der Waals surface area contributed by atoms with Crippen LogP contribution in [0.15, 0.2) is 47.6 Å². The number of fused-ring (bicyclic) bond motifs is 1. The number of halogens is 1. The fourth-order valence-corrected chi connectivity index (χ4v) is 2.99. The maximum absolute atomic E-state index is 5.44. The molecule has 3 aromatic rings. The first kappa shape index (κ1) is 21.9. The predicted molar refractivity (Wildman–Crippen MR) is 123 cm³/mol. The summed E-state index contributed by atoms with van der Waals surface area (Å²) in [4.78, 5) is 4.28. The third-order valence-corrected chi connectivity index (χ3v) is 4.37. The number of guanidine groups is 1. The number of rotatable bonds is 7. The van der Waals surface area contributed by atoms with Crippen LogP contribution >= 0.6 is 24.0 Å². The Morgan fingerprint density at radius 1 is 1.11 bits per heavy atom. The van der Waals surface area contributed by atoms with E-state index >= 15 is 0 Å². The highest BCUT2D eigenvalue weighted by Crippen LogP contribution is 2.19. The van der Waals surface area contributed by atoms with Crippen LogP contribution in [0.25, 0.3) is 5.65 Å². The topological polar surface area (TPSA) is 75.8 Å². The van der Waals surface area contributed by atoms with Gasteiger partial charge in [0.2, 0.25) is 0 Å². The van der Waals surface area contributed by atoms with Crippen LogP contribution in [0, 0.1) is 6.92 Å². The monoisotopic (exact) mass is 494 g/mol. The molecule has 0 amide bonds. The van der Waals surface area contributed by atoms with Gasteiger partial charge in [-0.2, -0.15) is 0 Å². The molecule has 150 valence electrons. The van der Waals surface area contributed by atoms with Gasteiger partial charge in [-0.1, -0.05) is 23.8 Å². The number of ether oxygens (including phenoxy) is 1. The van der Waals surface area contributed by atoms with Crippen molar-refractivity contribution in [1.82, 2.24) is 25.2 Å². The molecule has 0 atom stereocenters. The summed E-state index contributed by atoms with van der Waals surface area (Å²) in [5.74, 6) is 2.62.